The van der Waals surface area contributed by atoms with Crippen molar-refractivity contribution in [3.8, 4) is 5.69 Å². The zero-order valence-electron chi connectivity index (χ0n) is 14.9. The van der Waals surface area contributed by atoms with Crippen LogP contribution < -0.4 is 0 Å². The average Bonchev–Trinajstić information content (AvgIpc) is 3.15. The van der Waals surface area contributed by atoms with Crippen molar-refractivity contribution in [1.29, 1.82) is 0 Å². The Kier molecular flexibility index (Phi) is 4.86. The Bertz CT molecular complexity index is 866. The highest BCUT2D eigenvalue weighted by Crippen LogP contribution is 2.34. The Morgan fingerprint density at radius 1 is 1.16 bits per heavy atom. The molecule has 2 aromatic rings. The monoisotopic (exact) mass is 354 g/mol. The van der Waals surface area contributed by atoms with Gasteiger partial charge in [0, 0.05) is 23.6 Å². The van der Waals surface area contributed by atoms with Crippen LogP contribution in [0.15, 0.2) is 41.4 Å². The van der Waals surface area contributed by atoms with E-state index >= 15 is 0 Å². The second-order valence-electron chi connectivity index (χ2n) is 6.38. The van der Waals surface area contributed by atoms with Gasteiger partial charge in [-0.25, -0.2) is 0 Å². The molecular weight excluding hydrogens is 332 g/mol. The highest BCUT2D eigenvalue weighted by molar-refractivity contribution is 8.18. The number of amides is 2. The molecule has 130 valence electrons. The minimum atomic E-state index is -0.197. The second-order valence-corrected chi connectivity index (χ2v) is 7.37. The lowest BCUT2D eigenvalue weighted by atomic mass is 10.1. The van der Waals surface area contributed by atoms with E-state index in [9.17, 15) is 9.59 Å². The van der Waals surface area contributed by atoms with Gasteiger partial charge in [-0.3, -0.25) is 14.5 Å². The summed E-state index contributed by atoms with van der Waals surface area (Å²) < 4.78 is 2.03. The average molecular weight is 354 g/mol. The number of rotatable bonds is 4. The molecule has 1 aromatic carbocycles. The molecule has 1 saturated heterocycles. The van der Waals surface area contributed by atoms with Gasteiger partial charge in [-0.1, -0.05) is 13.0 Å². The van der Waals surface area contributed by atoms with E-state index in [0.717, 1.165) is 29.6 Å². The van der Waals surface area contributed by atoms with Crippen molar-refractivity contribution in [1.82, 2.24) is 9.47 Å². The molecule has 2 amide bonds. The largest absolute Gasteiger partial charge is 0.317 e. The molecule has 0 spiro atoms. The summed E-state index contributed by atoms with van der Waals surface area (Å²) in [5, 5.41) is -0.185. The molecule has 1 aromatic heterocycles. The van der Waals surface area contributed by atoms with Gasteiger partial charge in [0.1, 0.15) is 0 Å². The predicted octanol–water partition coefficient (Wildman–Crippen LogP) is 4.93. The summed E-state index contributed by atoms with van der Waals surface area (Å²) in [7, 11) is 0. The Balaban J connectivity index is 1.96. The van der Waals surface area contributed by atoms with Crippen LogP contribution in [0.2, 0.25) is 0 Å². The van der Waals surface area contributed by atoms with Crippen LogP contribution in [-0.4, -0.2) is 26.7 Å². The highest BCUT2D eigenvalue weighted by atomic mass is 32.2. The number of carbonyl (C=O) groups excluding carboxylic acids is 2. The van der Waals surface area contributed by atoms with Gasteiger partial charge in [0.25, 0.3) is 11.1 Å². The molecule has 1 atom stereocenters. The molecule has 0 unspecified atom stereocenters. The first kappa shape index (κ1) is 17.5. The smallest absolute Gasteiger partial charge is 0.293 e. The predicted molar refractivity (Wildman–Crippen MR) is 103 cm³/mol. The third-order valence-corrected chi connectivity index (χ3v) is 5.57. The number of carbonyl (C=O) groups is 2. The normalized spacial score (nSPS) is 17.6. The van der Waals surface area contributed by atoms with Gasteiger partial charge < -0.3 is 4.57 Å². The SMILES string of the molecule is CC[C@@H](C)N1C(=O)S/C(=C/c2cccn2-c2ccc(C)c(C)c2)C1=O. The van der Waals surface area contributed by atoms with Crippen LogP contribution in [0.25, 0.3) is 11.8 Å². The van der Waals surface area contributed by atoms with E-state index in [-0.39, 0.29) is 17.2 Å². The van der Waals surface area contributed by atoms with Crippen molar-refractivity contribution < 1.29 is 9.59 Å². The lowest BCUT2D eigenvalue weighted by molar-refractivity contribution is -0.124. The van der Waals surface area contributed by atoms with Gasteiger partial charge in [0.15, 0.2) is 0 Å². The Morgan fingerprint density at radius 2 is 1.92 bits per heavy atom. The van der Waals surface area contributed by atoms with Crippen molar-refractivity contribution >= 4 is 29.0 Å². The van der Waals surface area contributed by atoms with Gasteiger partial charge in [-0.2, -0.15) is 0 Å². The molecule has 2 heterocycles. The summed E-state index contributed by atoms with van der Waals surface area (Å²) in [5.41, 5.74) is 4.39. The standard InChI is InChI=1S/C20H22N2O2S/c1-5-15(4)22-19(23)18(25-20(22)24)12-16-7-6-10-21(16)17-9-8-13(2)14(3)11-17/h6-12,15H,5H2,1-4H3/b18-12+/t15-/m1/s1. The number of hydrogen-bond acceptors (Lipinski definition) is 3. The van der Waals surface area contributed by atoms with Crippen LogP contribution in [0, 0.1) is 13.8 Å². The van der Waals surface area contributed by atoms with Crippen molar-refractivity contribution in [2.45, 2.75) is 40.2 Å². The van der Waals surface area contributed by atoms with E-state index in [1.807, 2.05) is 42.8 Å². The Morgan fingerprint density at radius 3 is 2.60 bits per heavy atom. The number of thioether (sulfide) groups is 1. The lowest BCUT2D eigenvalue weighted by Crippen LogP contribution is -2.36. The zero-order valence-corrected chi connectivity index (χ0v) is 15.8. The third kappa shape index (κ3) is 3.29. The third-order valence-electron chi connectivity index (χ3n) is 4.68. The van der Waals surface area contributed by atoms with E-state index in [2.05, 4.69) is 32.0 Å². The molecule has 1 aliphatic rings. The first-order valence-corrected chi connectivity index (χ1v) is 9.26. The minimum absolute atomic E-state index is 0.0788. The molecule has 1 fully saturated rings. The number of aryl methyl sites for hydroxylation is 2. The van der Waals surface area contributed by atoms with Gasteiger partial charge in [-0.15, -0.1) is 0 Å². The molecule has 1 aliphatic heterocycles. The fourth-order valence-electron chi connectivity index (χ4n) is 2.80. The van der Waals surface area contributed by atoms with Crippen LogP contribution in [-0.2, 0) is 4.79 Å². The van der Waals surface area contributed by atoms with E-state index in [1.165, 1.54) is 16.0 Å². The van der Waals surface area contributed by atoms with Crippen molar-refractivity contribution in [3.63, 3.8) is 0 Å². The molecule has 0 radical (unpaired) electrons. The van der Waals surface area contributed by atoms with Gasteiger partial charge in [-0.05, 0) is 80.4 Å². The van der Waals surface area contributed by atoms with Crippen LogP contribution >= 0.6 is 11.8 Å². The van der Waals surface area contributed by atoms with Crippen molar-refractivity contribution in [2.24, 2.45) is 0 Å². The quantitative estimate of drug-likeness (QED) is 0.731. The molecule has 5 heteroatoms. The topological polar surface area (TPSA) is 42.3 Å². The molecule has 0 saturated carbocycles. The molecular formula is C20H22N2O2S. The van der Waals surface area contributed by atoms with Crippen LogP contribution in [0.3, 0.4) is 0 Å². The van der Waals surface area contributed by atoms with Gasteiger partial charge in [0.2, 0.25) is 0 Å². The van der Waals surface area contributed by atoms with E-state index in [4.69, 9.17) is 0 Å². The van der Waals surface area contributed by atoms with Crippen LogP contribution in [0.1, 0.15) is 37.1 Å². The molecule has 0 aliphatic carbocycles. The van der Waals surface area contributed by atoms with Crippen molar-refractivity contribution in [2.75, 3.05) is 0 Å². The summed E-state index contributed by atoms with van der Waals surface area (Å²) in [6.45, 7) is 8.04. The van der Waals surface area contributed by atoms with Gasteiger partial charge >= 0.3 is 0 Å². The first-order chi connectivity index (χ1) is 11.9. The van der Waals surface area contributed by atoms with Gasteiger partial charge in [0.05, 0.1) is 4.91 Å². The summed E-state index contributed by atoms with van der Waals surface area (Å²) in [6, 6.07) is 10.1. The number of nitrogens with zero attached hydrogens (tertiary/aromatic N) is 2. The highest BCUT2D eigenvalue weighted by Gasteiger charge is 2.37. The zero-order chi connectivity index (χ0) is 18.1. The molecule has 0 N–H and O–H groups in total. The molecule has 4 nitrogen and oxygen atoms in total. The van der Waals surface area contributed by atoms with Crippen LogP contribution in [0.5, 0.6) is 0 Å². The number of hydrogen-bond donors (Lipinski definition) is 0. The number of benzene rings is 1. The summed E-state index contributed by atoms with van der Waals surface area (Å²) in [4.78, 5) is 26.6. The summed E-state index contributed by atoms with van der Waals surface area (Å²) in [6.07, 6.45) is 4.53. The van der Waals surface area contributed by atoms with Crippen LogP contribution in [0.4, 0.5) is 4.79 Å². The number of imide groups is 1. The molecule has 3 rings (SSSR count). The summed E-state index contributed by atoms with van der Waals surface area (Å²) >= 11 is 1.02. The Labute approximate surface area is 152 Å². The molecule has 25 heavy (non-hydrogen) atoms. The summed E-state index contributed by atoms with van der Waals surface area (Å²) in [5.74, 6) is -0.197. The fourth-order valence-corrected chi connectivity index (χ4v) is 3.71. The van der Waals surface area contributed by atoms with E-state index in [0.29, 0.717) is 4.91 Å². The number of aromatic nitrogens is 1. The van der Waals surface area contributed by atoms with Crippen molar-refractivity contribution in [3.05, 3.63) is 58.3 Å². The van der Waals surface area contributed by atoms with E-state index in [1.54, 1.807) is 0 Å². The first-order valence-electron chi connectivity index (χ1n) is 8.44. The van der Waals surface area contributed by atoms with E-state index < -0.39 is 0 Å². The maximum Gasteiger partial charge on any atom is 0.293 e. The maximum atomic E-state index is 12.6. The fraction of sp³-hybridized carbons (Fsp3) is 0.300. The second kappa shape index (κ2) is 6.92. The minimum Gasteiger partial charge on any atom is -0.317 e. The Hall–Kier alpha value is -2.27. The maximum absolute atomic E-state index is 12.6. The molecule has 0 bridgehead atoms. The lowest BCUT2D eigenvalue weighted by Gasteiger charge is -2.19.